The van der Waals surface area contributed by atoms with Crippen LogP contribution in [0.4, 0.5) is 5.69 Å². The Morgan fingerprint density at radius 3 is 2.35 bits per heavy atom. The van der Waals surface area contributed by atoms with Crippen LogP contribution in [0.1, 0.15) is 19.4 Å². The van der Waals surface area contributed by atoms with Crippen LogP contribution in [0.15, 0.2) is 35.5 Å². The summed E-state index contributed by atoms with van der Waals surface area (Å²) in [5.74, 6) is 0.127. The van der Waals surface area contributed by atoms with E-state index in [4.69, 9.17) is 0 Å². The van der Waals surface area contributed by atoms with Gasteiger partial charge in [0.1, 0.15) is 21.4 Å². The SMILES string of the molecule is Bc1cc(S(=O)(=O)N(CC)c2cnccc2CC)cc(B)c1O. The number of aromatic hydroxyl groups is 1. The molecule has 1 heterocycles. The number of aromatic nitrogens is 1. The first kappa shape index (κ1) is 17.4. The van der Waals surface area contributed by atoms with Crippen LogP contribution in [0.25, 0.3) is 0 Å². The maximum absolute atomic E-state index is 13.1. The lowest BCUT2D eigenvalue weighted by Gasteiger charge is -2.25. The molecular weight excluding hydrogens is 310 g/mol. The summed E-state index contributed by atoms with van der Waals surface area (Å²) in [6.07, 6.45) is 3.97. The quantitative estimate of drug-likeness (QED) is 0.720. The Morgan fingerprint density at radius 2 is 1.83 bits per heavy atom. The highest BCUT2D eigenvalue weighted by Crippen LogP contribution is 2.26. The fraction of sp³-hybridized carbons (Fsp3) is 0.267. The summed E-state index contributed by atoms with van der Waals surface area (Å²) in [4.78, 5) is 4.25. The zero-order chi connectivity index (χ0) is 17.2. The molecule has 0 saturated heterocycles. The molecule has 0 unspecified atom stereocenters. The van der Waals surface area contributed by atoms with Gasteiger partial charge in [-0.1, -0.05) is 6.92 Å². The smallest absolute Gasteiger partial charge is 0.264 e. The Morgan fingerprint density at radius 1 is 1.22 bits per heavy atom. The van der Waals surface area contributed by atoms with Gasteiger partial charge in [0, 0.05) is 12.7 Å². The van der Waals surface area contributed by atoms with Crippen LogP contribution in [0.3, 0.4) is 0 Å². The monoisotopic (exact) mass is 330 g/mol. The van der Waals surface area contributed by atoms with Crippen molar-refractivity contribution in [3.8, 4) is 5.75 Å². The van der Waals surface area contributed by atoms with E-state index in [1.807, 2.05) is 13.0 Å². The van der Waals surface area contributed by atoms with E-state index >= 15 is 0 Å². The van der Waals surface area contributed by atoms with Gasteiger partial charge in [-0.25, -0.2) is 8.42 Å². The Bertz CT molecular complexity index is 802. The highest BCUT2D eigenvalue weighted by atomic mass is 32.2. The first-order valence-corrected chi connectivity index (χ1v) is 9.02. The lowest BCUT2D eigenvalue weighted by Crippen LogP contribution is -2.33. The van der Waals surface area contributed by atoms with Crippen molar-refractivity contribution in [2.45, 2.75) is 25.2 Å². The van der Waals surface area contributed by atoms with Gasteiger partial charge >= 0.3 is 0 Å². The zero-order valence-corrected chi connectivity index (χ0v) is 14.7. The van der Waals surface area contributed by atoms with Crippen molar-refractivity contribution in [3.63, 3.8) is 0 Å². The average Bonchev–Trinajstić information content (AvgIpc) is 2.53. The van der Waals surface area contributed by atoms with Crippen molar-refractivity contribution in [3.05, 3.63) is 36.2 Å². The number of rotatable bonds is 5. The minimum atomic E-state index is -3.72. The van der Waals surface area contributed by atoms with Gasteiger partial charge in [0.05, 0.1) is 16.8 Å². The molecule has 0 saturated carbocycles. The molecule has 0 radical (unpaired) electrons. The number of nitrogens with zero attached hydrogens (tertiary/aromatic N) is 2. The summed E-state index contributed by atoms with van der Waals surface area (Å²) in [5, 5.41) is 9.87. The molecule has 23 heavy (non-hydrogen) atoms. The Hall–Kier alpha value is -1.95. The maximum Gasteiger partial charge on any atom is 0.264 e. The van der Waals surface area contributed by atoms with Crippen LogP contribution < -0.4 is 15.2 Å². The molecule has 1 N–H and O–H groups in total. The Kier molecular flexibility index (Phi) is 5.04. The predicted octanol–water partition coefficient (Wildman–Crippen LogP) is -0.918. The molecule has 1 aromatic carbocycles. The van der Waals surface area contributed by atoms with Gasteiger partial charge in [-0.2, -0.15) is 0 Å². The molecule has 2 aromatic rings. The van der Waals surface area contributed by atoms with Crippen molar-refractivity contribution >= 4 is 42.3 Å². The van der Waals surface area contributed by atoms with Gasteiger partial charge in [0.2, 0.25) is 0 Å². The minimum absolute atomic E-state index is 0.127. The van der Waals surface area contributed by atoms with Crippen LogP contribution in [-0.2, 0) is 16.4 Å². The molecule has 8 heteroatoms. The van der Waals surface area contributed by atoms with Crippen LogP contribution in [0, 0.1) is 0 Å². The number of pyridine rings is 1. The van der Waals surface area contributed by atoms with Gasteiger partial charge in [-0.3, -0.25) is 9.29 Å². The third-order valence-electron chi connectivity index (χ3n) is 3.88. The van der Waals surface area contributed by atoms with Crippen LogP contribution in [-0.4, -0.2) is 40.7 Å². The normalized spacial score (nSPS) is 11.4. The molecule has 0 bridgehead atoms. The van der Waals surface area contributed by atoms with Gasteiger partial charge in [-0.05, 0) is 48.0 Å². The van der Waals surface area contributed by atoms with E-state index in [1.165, 1.54) is 16.4 Å². The fourth-order valence-corrected chi connectivity index (χ4v) is 4.27. The molecule has 0 aliphatic carbocycles. The van der Waals surface area contributed by atoms with E-state index in [1.54, 1.807) is 35.0 Å². The first-order valence-electron chi connectivity index (χ1n) is 7.58. The van der Waals surface area contributed by atoms with Crippen molar-refractivity contribution in [2.75, 3.05) is 10.8 Å². The molecule has 0 aliphatic heterocycles. The molecule has 5 nitrogen and oxygen atoms in total. The largest absolute Gasteiger partial charge is 0.509 e. The van der Waals surface area contributed by atoms with E-state index < -0.39 is 10.0 Å². The second kappa shape index (κ2) is 6.66. The number of benzene rings is 1. The number of aryl methyl sites for hydroxylation is 1. The topological polar surface area (TPSA) is 70.5 Å². The second-order valence-electron chi connectivity index (χ2n) is 5.43. The Labute approximate surface area is 139 Å². The molecule has 1 aromatic heterocycles. The molecule has 120 valence electrons. The van der Waals surface area contributed by atoms with E-state index in [2.05, 4.69) is 4.98 Å². The maximum atomic E-state index is 13.1. The number of hydrogen-bond donors (Lipinski definition) is 1. The molecule has 0 fully saturated rings. The molecule has 0 spiro atoms. The fourth-order valence-electron chi connectivity index (χ4n) is 2.60. The molecule has 0 amide bonds. The number of hydrogen-bond acceptors (Lipinski definition) is 4. The standard InChI is InChI=1S/C15H20B2N2O3S/c1-3-10-5-6-18-9-14(10)19(4-2)23(21,22)11-7-12(16)15(20)13(17)8-11/h5-9,20H,3-4,16-17H2,1-2H3. The molecule has 0 atom stereocenters. The van der Waals surface area contributed by atoms with Crippen LogP contribution in [0.2, 0.25) is 0 Å². The number of anilines is 1. The summed E-state index contributed by atoms with van der Waals surface area (Å²) in [6.45, 7) is 4.08. The predicted molar refractivity (Wildman–Crippen MR) is 98.3 cm³/mol. The molecule has 2 rings (SSSR count). The van der Waals surface area contributed by atoms with E-state index in [-0.39, 0.29) is 10.6 Å². The summed E-state index contributed by atoms with van der Waals surface area (Å²) >= 11 is 0. The van der Waals surface area contributed by atoms with Crippen LogP contribution in [0.5, 0.6) is 5.75 Å². The third-order valence-corrected chi connectivity index (χ3v) is 5.74. The highest BCUT2D eigenvalue weighted by molar-refractivity contribution is 7.92. The van der Waals surface area contributed by atoms with Crippen LogP contribution >= 0.6 is 0 Å². The van der Waals surface area contributed by atoms with Crippen molar-refractivity contribution in [2.24, 2.45) is 0 Å². The van der Waals surface area contributed by atoms with E-state index in [0.29, 0.717) is 23.2 Å². The molecule has 0 aliphatic rings. The van der Waals surface area contributed by atoms with Crippen molar-refractivity contribution in [1.29, 1.82) is 0 Å². The number of sulfonamides is 1. The average molecular weight is 330 g/mol. The zero-order valence-electron chi connectivity index (χ0n) is 13.9. The van der Waals surface area contributed by atoms with Crippen molar-refractivity contribution < 1.29 is 13.5 Å². The highest BCUT2D eigenvalue weighted by Gasteiger charge is 2.26. The van der Waals surface area contributed by atoms with E-state index in [0.717, 1.165) is 12.0 Å². The lowest BCUT2D eigenvalue weighted by molar-refractivity contribution is 0.483. The van der Waals surface area contributed by atoms with Gasteiger partial charge < -0.3 is 5.11 Å². The summed E-state index contributed by atoms with van der Waals surface area (Å²) in [6, 6.07) is 4.84. The number of phenols is 1. The Balaban J connectivity index is 2.60. The minimum Gasteiger partial charge on any atom is -0.509 e. The van der Waals surface area contributed by atoms with Gasteiger partial charge in [-0.15, -0.1) is 0 Å². The van der Waals surface area contributed by atoms with Crippen molar-refractivity contribution in [1.82, 2.24) is 4.98 Å². The van der Waals surface area contributed by atoms with Gasteiger partial charge in [0.25, 0.3) is 10.0 Å². The second-order valence-corrected chi connectivity index (χ2v) is 7.30. The van der Waals surface area contributed by atoms with Gasteiger partial charge in [0.15, 0.2) is 0 Å². The third kappa shape index (κ3) is 3.22. The lowest BCUT2D eigenvalue weighted by atomic mass is 9.86. The summed E-state index contributed by atoms with van der Waals surface area (Å²) < 4.78 is 27.5. The first-order chi connectivity index (χ1) is 10.8. The summed E-state index contributed by atoms with van der Waals surface area (Å²) in [5.41, 5.74) is 2.61. The number of phenolic OH excluding ortho intramolecular Hbond substituents is 1. The molecular formula is C15H20B2N2O3S. The van der Waals surface area contributed by atoms with E-state index in [9.17, 15) is 13.5 Å². The summed E-state index contributed by atoms with van der Waals surface area (Å²) in [7, 11) is -0.329.